The van der Waals surface area contributed by atoms with E-state index in [0.717, 1.165) is 19.3 Å². The van der Waals surface area contributed by atoms with Gasteiger partial charge in [0.1, 0.15) is 0 Å². The molecule has 2 aromatic carbocycles. The van der Waals surface area contributed by atoms with Gasteiger partial charge in [-0.1, -0.05) is 36.2 Å². The fraction of sp³-hybridized carbons (Fsp3) is 0.368. The van der Waals surface area contributed by atoms with Crippen molar-refractivity contribution < 1.29 is 16.8 Å². The maximum Gasteiger partial charge on any atom is 0.243 e. The van der Waals surface area contributed by atoms with Crippen molar-refractivity contribution in [3.63, 3.8) is 0 Å². The lowest BCUT2D eigenvalue weighted by atomic mass is 10.1. The minimum Gasteiger partial charge on any atom is -0.207 e. The number of benzene rings is 2. The number of sulfonamides is 2. The molecule has 28 heavy (non-hydrogen) atoms. The maximum absolute atomic E-state index is 12.9. The number of halogens is 1. The van der Waals surface area contributed by atoms with Gasteiger partial charge in [-0.25, -0.2) is 21.6 Å². The third-order valence-corrected chi connectivity index (χ3v) is 8.71. The van der Waals surface area contributed by atoms with Crippen molar-refractivity contribution in [1.82, 2.24) is 9.03 Å². The number of hydrogen-bond donors (Lipinski definition) is 1. The zero-order valence-corrected chi connectivity index (χ0v) is 17.9. The van der Waals surface area contributed by atoms with E-state index in [-0.39, 0.29) is 22.4 Å². The smallest absolute Gasteiger partial charge is 0.207 e. The summed E-state index contributed by atoms with van der Waals surface area (Å²) in [7, 11) is -7.42. The average Bonchev–Trinajstić information content (AvgIpc) is 2.68. The number of nitrogens with zero attached hydrogens (tertiary/aromatic N) is 1. The van der Waals surface area contributed by atoms with Crippen molar-refractivity contribution in [2.45, 2.75) is 48.6 Å². The van der Waals surface area contributed by atoms with Gasteiger partial charge in [-0.2, -0.15) is 4.31 Å². The van der Waals surface area contributed by atoms with Gasteiger partial charge < -0.3 is 0 Å². The lowest BCUT2D eigenvalue weighted by molar-refractivity contribution is 0.268. The summed E-state index contributed by atoms with van der Waals surface area (Å²) in [4.78, 5) is 0.108. The molecule has 3 rings (SSSR count). The molecule has 0 aliphatic carbocycles. The van der Waals surface area contributed by atoms with Crippen LogP contribution in [0, 0.1) is 0 Å². The van der Waals surface area contributed by atoms with Crippen LogP contribution in [0.3, 0.4) is 0 Å². The first-order chi connectivity index (χ1) is 13.2. The van der Waals surface area contributed by atoms with Crippen LogP contribution < -0.4 is 4.72 Å². The van der Waals surface area contributed by atoms with Crippen molar-refractivity contribution >= 4 is 31.6 Å². The second-order valence-corrected chi connectivity index (χ2v) is 10.9. The Morgan fingerprint density at radius 3 is 2.29 bits per heavy atom. The van der Waals surface area contributed by atoms with E-state index in [4.69, 9.17) is 11.6 Å². The van der Waals surface area contributed by atoms with E-state index in [9.17, 15) is 16.8 Å². The van der Waals surface area contributed by atoms with E-state index < -0.39 is 20.0 Å². The van der Waals surface area contributed by atoms with Gasteiger partial charge in [0.05, 0.1) is 9.79 Å². The summed E-state index contributed by atoms with van der Waals surface area (Å²) in [5.74, 6) is 0. The first kappa shape index (κ1) is 21.3. The molecule has 1 N–H and O–H groups in total. The number of rotatable bonds is 6. The van der Waals surface area contributed by atoms with E-state index in [1.807, 2.05) is 6.92 Å². The topological polar surface area (TPSA) is 83.6 Å². The summed E-state index contributed by atoms with van der Waals surface area (Å²) in [5.41, 5.74) is 0.658. The molecule has 1 aliphatic rings. The van der Waals surface area contributed by atoms with Crippen LogP contribution >= 0.6 is 11.6 Å². The Morgan fingerprint density at radius 2 is 1.64 bits per heavy atom. The van der Waals surface area contributed by atoms with E-state index in [2.05, 4.69) is 4.72 Å². The van der Waals surface area contributed by atoms with Crippen molar-refractivity contribution in [1.29, 1.82) is 0 Å². The second-order valence-electron chi connectivity index (χ2n) is 6.85. The van der Waals surface area contributed by atoms with Crippen LogP contribution in [0.1, 0.15) is 31.7 Å². The Labute approximate surface area is 171 Å². The van der Waals surface area contributed by atoms with Crippen molar-refractivity contribution in [3.05, 3.63) is 59.1 Å². The molecule has 0 bridgehead atoms. The van der Waals surface area contributed by atoms with Gasteiger partial charge in [0.25, 0.3) is 0 Å². The second kappa shape index (κ2) is 8.51. The molecule has 0 spiro atoms. The lowest BCUT2D eigenvalue weighted by Crippen LogP contribution is -2.41. The minimum absolute atomic E-state index is 0.00481. The van der Waals surface area contributed by atoms with Gasteiger partial charge in [-0.15, -0.1) is 0 Å². The molecule has 1 atom stereocenters. The van der Waals surface area contributed by atoms with Crippen LogP contribution in [-0.2, 0) is 26.6 Å². The van der Waals surface area contributed by atoms with Crippen LogP contribution in [0.4, 0.5) is 0 Å². The Balaban J connectivity index is 1.77. The van der Waals surface area contributed by atoms with Gasteiger partial charge in [0.15, 0.2) is 0 Å². The lowest BCUT2D eigenvalue weighted by Gasteiger charge is -2.32. The summed E-state index contributed by atoms with van der Waals surface area (Å²) >= 11 is 6.05. The maximum atomic E-state index is 12.9. The Morgan fingerprint density at radius 1 is 1.00 bits per heavy atom. The predicted octanol–water partition coefficient (Wildman–Crippen LogP) is 3.38. The van der Waals surface area contributed by atoms with Crippen LogP contribution in [0.5, 0.6) is 0 Å². The van der Waals surface area contributed by atoms with Gasteiger partial charge in [-0.05, 0) is 55.7 Å². The van der Waals surface area contributed by atoms with E-state index in [1.165, 1.54) is 28.6 Å². The van der Waals surface area contributed by atoms with E-state index >= 15 is 0 Å². The summed E-state index contributed by atoms with van der Waals surface area (Å²) in [6.07, 6.45) is 2.68. The highest BCUT2D eigenvalue weighted by atomic mass is 35.5. The largest absolute Gasteiger partial charge is 0.243 e. The molecular weight excluding hydrogens is 420 g/mol. The standard InChI is InChI=1S/C19H23ClN2O4S2/c1-15-6-4-5-13-22(15)28(25,26)18-11-9-17(10-12-18)27(23,24)21-14-16-7-2-3-8-19(16)20/h2-3,7-12,15,21H,4-6,13-14H2,1H3/t15-/m1/s1. The molecule has 0 amide bonds. The molecule has 152 valence electrons. The van der Waals surface area contributed by atoms with Gasteiger partial charge in [-0.3, -0.25) is 0 Å². The van der Waals surface area contributed by atoms with Gasteiger partial charge in [0.2, 0.25) is 20.0 Å². The Hall–Kier alpha value is -1.45. The van der Waals surface area contributed by atoms with E-state index in [0.29, 0.717) is 17.1 Å². The average molecular weight is 443 g/mol. The molecular formula is C19H23ClN2O4S2. The monoisotopic (exact) mass is 442 g/mol. The van der Waals surface area contributed by atoms with Crippen molar-refractivity contribution in [2.24, 2.45) is 0 Å². The van der Waals surface area contributed by atoms with Crippen LogP contribution in [-0.4, -0.2) is 33.7 Å². The third kappa shape index (κ3) is 4.58. The fourth-order valence-corrected chi connectivity index (χ4v) is 6.16. The predicted molar refractivity (Wildman–Crippen MR) is 109 cm³/mol. The highest BCUT2D eigenvalue weighted by Crippen LogP contribution is 2.26. The molecule has 6 nitrogen and oxygen atoms in total. The van der Waals surface area contributed by atoms with Crippen molar-refractivity contribution in [2.75, 3.05) is 6.54 Å². The Kier molecular flexibility index (Phi) is 6.46. The molecule has 0 aromatic heterocycles. The molecule has 1 aliphatic heterocycles. The first-order valence-electron chi connectivity index (χ1n) is 9.07. The summed E-state index contributed by atoms with van der Waals surface area (Å²) < 4.78 is 54.7. The third-order valence-electron chi connectivity index (χ3n) is 4.89. The van der Waals surface area contributed by atoms with Gasteiger partial charge in [0, 0.05) is 24.2 Å². The Bertz CT molecular complexity index is 1040. The van der Waals surface area contributed by atoms with Gasteiger partial charge >= 0.3 is 0 Å². The molecule has 0 saturated carbocycles. The van der Waals surface area contributed by atoms with E-state index in [1.54, 1.807) is 24.3 Å². The minimum atomic E-state index is -3.79. The first-order valence-corrected chi connectivity index (χ1v) is 12.4. The summed E-state index contributed by atoms with van der Waals surface area (Å²) in [6, 6.07) is 12.2. The van der Waals surface area contributed by atoms with Crippen molar-refractivity contribution in [3.8, 4) is 0 Å². The number of hydrogen-bond acceptors (Lipinski definition) is 4. The molecule has 1 saturated heterocycles. The molecule has 9 heteroatoms. The summed E-state index contributed by atoms with van der Waals surface area (Å²) in [5, 5.41) is 0.474. The zero-order chi connectivity index (χ0) is 20.4. The molecule has 2 aromatic rings. The molecule has 0 unspecified atom stereocenters. The normalized spacial score (nSPS) is 18.9. The molecule has 0 radical (unpaired) electrons. The van der Waals surface area contributed by atoms with Crippen LogP contribution in [0.2, 0.25) is 5.02 Å². The van der Waals surface area contributed by atoms with Crippen LogP contribution in [0.25, 0.3) is 0 Å². The highest BCUT2D eigenvalue weighted by molar-refractivity contribution is 7.89. The number of piperidine rings is 1. The SMILES string of the molecule is C[C@@H]1CCCCN1S(=O)(=O)c1ccc(S(=O)(=O)NCc2ccccc2Cl)cc1. The molecule has 1 heterocycles. The molecule has 1 fully saturated rings. The number of nitrogens with one attached hydrogen (secondary N) is 1. The summed E-state index contributed by atoms with van der Waals surface area (Å²) in [6.45, 7) is 2.43. The zero-order valence-electron chi connectivity index (χ0n) is 15.5. The fourth-order valence-electron chi connectivity index (χ4n) is 3.25. The van der Waals surface area contributed by atoms with Crippen LogP contribution in [0.15, 0.2) is 58.3 Å². The highest BCUT2D eigenvalue weighted by Gasteiger charge is 2.31. The quantitative estimate of drug-likeness (QED) is 0.743.